The number of hydrogen-bond donors (Lipinski definition) is 1. The number of hydrogen-bond acceptors (Lipinski definition) is 8. The van der Waals surface area contributed by atoms with E-state index < -0.39 is 20.1 Å². The number of sulfone groups is 1. The average molecular weight is 429 g/mol. The molecule has 2 N–H and O–H groups in total. The molecule has 0 unspecified atom stereocenters. The van der Waals surface area contributed by atoms with Gasteiger partial charge in [-0.25, -0.2) is 18.4 Å². The molecule has 158 valence electrons. The van der Waals surface area contributed by atoms with Crippen molar-refractivity contribution in [2.45, 2.75) is 44.1 Å². The van der Waals surface area contributed by atoms with Crippen LogP contribution < -0.4 is 5.73 Å². The van der Waals surface area contributed by atoms with Gasteiger partial charge in [0.15, 0.2) is 15.7 Å². The van der Waals surface area contributed by atoms with Gasteiger partial charge in [-0.05, 0) is 43.0 Å². The molecule has 4 rings (SSSR count). The number of benzene rings is 1. The van der Waals surface area contributed by atoms with E-state index in [1.54, 1.807) is 26.2 Å². The van der Waals surface area contributed by atoms with E-state index in [0.29, 0.717) is 6.61 Å². The van der Waals surface area contributed by atoms with Gasteiger partial charge in [-0.2, -0.15) is 0 Å². The van der Waals surface area contributed by atoms with Crippen molar-refractivity contribution in [1.29, 1.82) is 0 Å². The van der Waals surface area contributed by atoms with E-state index in [0.717, 1.165) is 22.3 Å². The first-order chi connectivity index (χ1) is 14.0. The van der Waals surface area contributed by atoms with Crippen LogP contribution >= 0.6 is 0 Å². The van der Waals surface area contributed by atoms with E-state index >= 15 is 0 Å². The molecule has 0 aliphatic carbocycles. The lowest BCUT2D eigenvalue weighted by Gasteiger charge is -2.42. The van der Waals surface area contributed by atoms with Crippen LogP contribution in [-0.2, 0) is 33.1 Å². The van der Waals surface area contributed by atoms with Crippen molar-refractivity contribution in [2.24, 2.45) is 10.7 Å². The fourth-order valence-electron chi connectivity index (χ4n) is 3.76. The van der Waals surface area contributed by atoms with Crippen LogP contribution in [0.1, 0.15) is 46.7 Å². The zero-order chi connectivity index (χ0) is 21.7. The molecule has 0 saturated carbocycles. The van der Waals surface area contributed by atoms with Crippen molar-refractivity contribution in [3.05, 3.63) is 58.7 Å². The normalized spacial score (nSPS) is 24.2. The quantitative estimate of drug-likeness (QED) is 0.735. The lowest BCUT2D eigenvalue weighted by atomic mass is 9.85. The molecule has 2 aliphatic heterocycles. The maximum Gasteiger partial charge on any atom is 0.204 e. The van der Waals surface area contributed by atoms with Gasteiger partial charge < -0.3 is 10.5 Å². The predicted octanol–water partition coefficient (Wildman–Crippen LogP) is 1.50. The van der Waals surface area contributed by atoms with Gasteiger partial charge in [0.05, 0.1) is 19.0 Å². The Morgan fingerprint density at radius 3 is 2.60 bits per heavy atom. The van der Waals surface area contributed by atoms with Gasteiger partial charge in [-0.3, -0.25) is 9.79 Å². The number of nitrogens with zero attached hydrogens (tertiary/aromatic N) is 3. The monoisotopic (exact) mass is 428 g/mol. The molecule has 1 atom stereocenters. The number of nitrogens with two attached hydrogens (primary N) is 1. The topological polar surface area (TPSA) is 125 Å². The number of ketones is 1. The van der Waals surface area contributed by atoms with Crippen molar-refractivity contribution in [3.63, 3.8) is 0 Å². The minimum atomic E-state index is -3.57. The molecule has 0 saturated heterocycles. The number of amidine groups is 1. The molecule has 2 aromatic rings. The number of Topliss-reactive ketones (excluding diaryl/α,β-unsaturated/α-hetero) is 1. The average Bonchev–Trinajstić information content (AvgIpc) is 2.67. The Bertz CT molecular complexity index is 1160. The van der Waals surface area contributed by atoms with Crippen molar-refractivity contribution in [1.82, 2.24) is 9.97 Å². The number of aliphatic imine (C=N–C) groups is 1. The molecule has 1 aromatic carbocycles. The number of fused-ring (bicyclic) bond motifs is 2. The summed E-state index contributed by atoms with van der Waals surface area (Å²) in [5.74, 6) is -0.184. The number of rotatable bonds is 3. The number of carbonyl (C=O) groups is 1. The van der Waals surface area contributed by atoms with Crippen LogP contribution in [0.5, 0.6) is 0 Å². The van der Waals surface area contributed by atoms with Crippen LogP contribution in [0.15, 0.2) is 35.6 Å². The molecule has 1 aromatic heterocycles. The third-order valence-corrected chi connectivity index (χ3v) is 8.45. The zero-order valence-electron chi connectivity index (χ0n) is 17.2. The van der Waals surface area contributed by atoms with Gasteiger partial charge >= 0.3 is 0 Å². The Balaban J connectivity index is 1.73. The highest BCUT2D eigenvalue weighted by Crippen LogP contribution is 2.41. The van der Waals surface area contributed by atoms with E-state index in [1.165, 1.54) is 0 Å². The summed E-state index contributed by atoms with van der Waals surface area (Å²) in [5.41, 5.74) is 8.19. The Kier molecular flexibility index (Phi) is 4.78. The lowest BCUT2D eigenvalue weighted by molar-refractivity contribution is 0.0609. The Labute approximate surface area is 175 Å². The van der Waals surface area contributed by atoms with Gasteiger partial charge in [0.25, 0.3) is 0 Å². The molecule has 0 amide bonds. The minimum absolute atomic E-state index is 0.0692. The molecule has 0 bridgehead atoms. The van der Waals surface area contributed by atoms with E-state index in [4.69, 9.17) is 10.5 Å². The van der Waals surface area contributed by atoms with Crippen LogP contribution in [0.4, 0.5) is 0 Å². The number of aryl methyl sites for hydroxylation is 1. The maximum atomic E-state index is 13.0. The first-order valence-corrected chi connectivity index (χ1v) is 11.3. The molecule has 0 fully saturated rings. The van der Waals surface area contributed by atoms with Gasteiger partial charge in [0, 0.05) is 18.8 Å². The summed E-state index contributed by atoms with van der Waals surface area (Å²) < 4.78 is 30.4. The highest BCUT2D eigenvalue weighted by atomic mass is 32.2. The van der Waals surface area contributed by atoms with Gasteiger partial charge in [0.1, 0.15) is 16.1 Å². The van der Waals surface area contributed by atoms with Crippen molar-refractivity contribution in [3.8, 4) is 0 Å². The maximum absolute atomic E-state index is 13.0. The Morgan fingerprint density at radius 1 is 1.23 bits per heavy atom. The Hall–Kier alpha value is -2.65. The zero-order valence-corrected chi connectivity index (χ0v) is 18.0. The Morgan fingerprint density at radius 2 is 1.93 bits per heavy atom. The molecule has 0 radical (unpaired) electrons. The smallest absolute Gasteiger partial charge is 0.204 e. The van der Waals surface area contributed by atoms with Gasteiger partial charge in [0.2, 0.25) is 5.78 Å². The first kappa shape index (κ1) is 20.6. The molecule has 9 heteroatoms. The van der Waals surface area contributed by atoms with E-state index in [1.807, 2.05) is 25.1 Å². The first-order valence-electron chi connectivity index (χ1n) is 9.64. The van der Waals surface area contributed by atoms with Gasteiger partial charge in [-0.15, -0.1) is 0 Å². The number of carbonyl (C=O) groups excluding carboxylic acids is 1. The molecular formula is C21H24N4O4S. The molecule has 8 nitrogen and oxygen atoms in total. The summed E-state index contributed by atoms with van der Waals surface area (Å²) in [6.45, 7) is 5.45. The summed E-state index contributed by atoms with van der Waals surface area (Å²) in [7, 11) is -3.57. The third kappa shape index (κ3) is 3.31. The highest BCUT2D eigenvalue weighted by Gasteiger charge is 2.52. The highest BCUT2D eigenvalue weighted by molar-refractivity contribution is 7.93. The summed E-state index contributed by atoms with van der Waals surface area (Å²) in [6, 6.07) is 5.53. The largest absolute Gasteiger partial charge is 0.386 e. The molecule has 3 heterocycles. The van der Waals surface area contributed by atoms with E-state index in [-0.39, 0.29) is 36.2 Å². The van der Waals surface area contributed by atoms with Crippen LogP contribution in [0.3, 0.4) is 0 Å². The van der Waals surface area contributed by atoms with E-state index in [9.17, 15) is 13.2 Å². The molecule has 30 heavy (non-hydrogen) atoms. The van der Waals surface area contributed by atoms with Crippen molar-refractivity contribution < 1.29 is 17.9 Å². The SMILES string of the molecule is Cc1cnc(C(=O)Cc2ccc3c(c2)[C@]2(COC3)CS(=O)(=O)C(C)(C)C(N)=N2)nc1. The van der Waals surface area contributed by atoms with Crippen LogP contribution in [0.25, 0.3) is 0 Å². The second kappa shape index (κ2) is 6.95. The molecule has 1 spiro atoms. The molecular weight excluding hydrogens is 404 g/mol. The summed E-state index contributed by atoms with van der Waals surface area (Å²) in [4.78, 5) is 25.4. The standard InChI is InChI=1S/C21H24N4O4S/c1-13-8-23-18(24-9-13)17(26)7-14-4-5-15-10-29-11-21(16(15)6-14)12-30(27,28)20(2,3)19(22)25-21/h4-6,8-9H,7,10-12H2,1-3H3,(H2,22,25)/t21-/m0/s1. The van der Waals surface area contributed by atoms with Crippen molar-refractivity contribution >= 4 is 21.5 Å². The fraction of sp³-hybridized carbons (Fsp3) is 0.429. The minimum Gasteiger partial charge on any atom is -0.386 e. The number of aromatic nitrogens is 2. The van der Waals surface area contributed by atoms with Crippen LogP contribution in [0, 0.1) is 6.92 Å². The van der Waals surface area contributed by atoms with Crippen LogP contribution in [0.2, 0.25) is 0 Å². The van der Waals surface area contributed by atoms with E-state index in [2.05, 4.69) is 15.0 Å². The van der Waals surface area contributed by atoms with Crippen molar-refractivity contribution in [2.75, 3.05) is 12.4 Å². The lowest BCUT2D eigenvalue weighted by Crippen LogP contribution is -2.57. The third-order valence-electron chi connectivity index (χ3n) is 5.83. The predicted molar refractivity (Wildman–Crippen MR) is 112 cm³/mol. The van der Waals surface area contributed by atoms with Gasteiger partial charge in [-0.1, -0.05) is 18.2 Å². The summed E-state index contributed by atoms with van der Waals surface area (Å²) in [6.07, 6.45) is 3.31. The summed E-state index contributed by atoms with van der Waals surface area (Å²) >= 11 is 0. The second-order valence-electron chi connectivity index (χ2n) is 8.47. The fourth-order valence-corrected chi connectivity index (χ4v) is 5.42. The summed E-state index contributed by atoms with van der Waals surface area (Å²) in [5, 5.41) is 0. The number of ether oxygens (including phenoxy) is 1. The molecule has 2 aliphatic rings. The van der Waals surface area contributed by atoms with Crippen LogP contribution in [-0.4, -0.2) is 47.1 Å². The second-order valence-corrected chi connectivity index (χ2v) is 11.0.